The number of nitro groups is 1. The van der Waals surface area contributed by atoms with Crippen LogP contribution in [0.1, 0.15) is 71.1 Å². The molecule has 0 aromatic carbocycles. The summed E-state index contributed by atoms with van der Waals surface area (Å²) in [6.45, 7) is 2.08. The van der Waals surface area contributed by atoms with E-state index in [4.69, 9.17) is 0 Å². The van der Waals surface area contributed by atoms with Crippen LogP contribution in [0.2, 0.25) is 0 Å². The fourth-order valence-corrected chi connectivity index (χ4v) is 2.14. The van der Waals surface area contributed by atoms with Crippen molar-refractivity contribution in [3.8, 4) is 0 Å². The van der Waals surface area contributed by atoms with Crippen LogP contribution in [-0.4, -0.2) is 11.2 Å². The van der Waals surface area contributed by atoms with Gasteiger partial charge in [0, 0.05) is 6.42 Å². The lowest BCUT2D eigenvalue weighted by atomic mass is 10.1. The lowest BCUT2D eigenvalue weighted by Crippen LogP contribution is -1.97. The van der Waals surface area contributed by atoms with Crippen molar-refractivity contribution in [1.82, 2.24) is 0 Å². The molecule has 0 rings (SSSR count). The Bertz CT molecular complexity index is 448. The number of nitrogens with zero attached hydrogens (tertiary/aromatic N) is 1. The van der Waals surface area contributed by atoms with E-state index in [1.807, 2.05) is 18.2 Å². The van der Waals surface area contributed by atoms with Crippen LogP contribution in [0.3, 0.4) is 0 Å². The fourth-order valence-electron chi connectivity index (χ4n) is 2.14. The average Bonchev–Trinajstić information content (AvgIpc) is 2.57. The van der Waals surface area contributed by atoms with E-state index in [1.54, 1.807) is 6.08 Å². The van der Waals surface area contributed by atoms with Gasteiger partial charge in [0.15, 0.2) is 0 Å². The molecule has 4 nitrogen and oxygen atoms in total. The lowest BCUT2D eigenvalue weighted by molar-refractivity contribution is -0.427. The summed E-state index contributed by atoms with van der Waals surface area (Å²) >= 11 is 0. The molecule has 0 saturated carbocycles. The van der Waals surface area contributed by atoms with E-state index in [-0.39, 0.29) is 10.6 Å². The second kappa shape index (κ2) is 17.4. The SMILES string of the molecule is CC/C=C\C/C=C\C/C(=C\C/C=C\CCCCCCC=O)[N+](=O)[O-]. The molecule has 0 amide bonds. The maximum Gasteiger partial charge on any atom is 0.246 e. The monoisotopic (exact) mass is 333 g/mol. The Morgan fingerprint density at radius 2 is 1.54 bits per heavy atom. The van der Waals surface area contributed by atoms with Gasteiger partial charge in [-0.05, 0) is 44.6 Å². The Morgan fingerprint density at radius 1 is 0.875 bits per heavy atom. The van der Waals surface area contributed by atoms with Gasteiger partial charge < -0.3 is 4.79 Å². The average molecular weight is 333 g/mol. The van der Waals surface area contributed by atoms with Gasteiger partial charge in [0.25, 0.3) is 0 Å². The maximum atomic E-state index is 11.0. The highest BCUT2D eigenvalue weighted by molar-refractivity contribution is 5.48. The number of carbonyl (C=O) groups excluding carboxylic acids is 1. The number of aldehydes is 1. The van der Waals surface area contributed by atoms with Crippen LogP contribution in [0.4, 0.5) is 0 Å². The zero-order valence-electron chi connectivity index (χ0n) is 14.9. The summed E-state index contributed by atoms with van der Waals surface area (Å²) in [5.74, 6) is 0. The fraction of sp³-hybridized carbons (Fsp3) is 0.550. The molecule has 4 heteroatoms. The summed E-state index contributed by atoms with van der Waals surface area (Å²) in [5.41, 5.74) is 0.254. The quantitative estimate of drug-likeness (QED) is 0.123. The van der Waals surface area contributed by atoms with Gasteiger partial charge in [0.1, 0.15) is 6.29 Å². The first-order chi connectivity index (χ1) is 11.7. The molecule has 0 saturated heterocycles. The van der Waals surface area contributed by atoms with Gasteiger partial charge in [0.05, 0.1) is 11.3 Å². The largest absolute Gasteiger partial charge is 0.303 e. The van der Waals surface area contributed by atoms with Crippen molar-refractivity contribution in [2.45, 2.75) is 71.1 Å². The molecule has 0 fully saturated rings. The second-order valence-electron chi connectivity index (χ2n) is 5.61. The van der Waals surface area contributed by atoms with E-state index in [1.165, 1.54) is 0 Å². The van der Waals surface area contributed by atoms with E-state index in [0.29, 0.717) is 19.3 Å². The van der Waals surface area contributed by atoms with Crippen molar-refractivity contribution < 1.29 is 9.72 Å². The number of allylic oxidation sites excluding steroid dienone is 7. The van der Waals surface area contributed by atoms with Crippen LogP contribution >= 0.6 is 0 Å². The smallest absolute Gasteiger partial charge is 0.246 e. The van der Waals surface area contributed by atoms with E-state index in [0.717, 1.165) is 51.2 Å². The van der Waals surface area contributed by atoms with E-state index >= 15 is 0 Å². The van der Waals surface area contributed by atoms with Gasteiger partial charge in [-0.1, -0.05) is 56.2 Å². The number of rotatable bonds is 15. The molecule has 0 aliphatic carbocycles. The second-order valence-corrected chi connectivity index (χ2v) is 5.61. The standard InChI is InChI=1S/C20H31NO3/c1-2-3-4-5-11-14-17-20(21(23)24)18-15-12-9-7-6-8-10-13-16-19-22/h3-4,9,11-12,14,18-19H,2,5-8,10,13,15-17H2,1H3/b4-3-,12-9-,14-11-,20-18+. The molecule has 0 N–H and O–H groups in total. The highest BCUT2D eigenvalue weighted by Gasteiger charge is 2.06. The Kier molecular flexibility index (Phi) is 16.0. The number of hydrogen-bond acceptors (Lipinski definition) is 3. The van der Waals surface area contributed by atoms with Gasteiger partial charge in [-0.3, -0.25) is 10.1 Å². The predicted molar refractivity (Wildman–Crippen MR) is 100 cm³/mol. The van der Waals surface area contributed by atoms with Crippen LogP contribution in [0, 0.1) is 10.1 Å². The molecule has 0 aromatic rings. The molecule has 134 valence electrons. The molecule has 0 bridgehead atoms. The topological polar surface area (TPSA) is 60.2 Å². The molecule has 24 heavy (non-hydrogen) atoms. The summed E-state index contributed by atoms with van der Waals surface area (Å²) < 4.78 is 0. The molecule has 0 unspecified atom stereocenters. The molecular weight excluding hydrogens is 302 g/mol. The van der Waals surface area contributed by atoms with Gasteiger partial charge >= 0.3 is 0 Å². The molecule has 0 aromatic heterocycles. The minimum Gasteiger partial charge on any atom is -0.303 e. The van der Waals surface area contributed by atoms with Crippen molar-refractivity contribution in [2.75, 3.05) is 0 Å². The Morgan fingerprint density at radius 3 is 2.21 bits per heavy atom. The minimum absolute atomic E-state index is 0.254. The Labute approximate surface area is 146 Å². The van der Waals surface area contributed by atoms with Crippen LogP contribution in [0.15, 0.2) is 48.2 Å². The van der Waals surface area contributed by atoms with Gasteiger partial charge in [-0.15, -0.1) is 0 Å². The third-order valence-corrected chi connectivity index (χ3v) is 3.50. The maximum absolute atomic E-state index is 11.0. The third-order valence-electron chi connectivity index (χ3n) is 3.50. The summed E-state index contributed by atoms with van der Waals surface area (Å²) in [6.07, 6.45) is 23.5. The molecule has 0 aliphatic rings. The van der Waals surface area contributed by atoms with Gasteiger partial charge in [0.2, 0.25) is 5.70 Å². The van der Waals surface area contributed by atoms with E-state index < -0.39 is 0 Å². The Balaban J connectivity index is 3.94. The first kappa shape index (κ1) is 22.0. The summed E-state index contributed by atoms with van der Waals surface area (Å²) in [7, 11) is 0. The molecular formula is C20H31NO3. The summed E-state index contributed by atoms with van der Waals surface area (Å²) in [6, 6.07) is 0. The van der Waals surface area contributed by atoms with Crippen molar-refractivity contribution in [2.24, 2.45) is 0 Å². The molecule has 0 heterocycles. The van der Waals surface area contributed by atoms with Gasteiger partial charge in [-0.25, -0.2) is 0 Å². The van der Waals surface area contributed by atoms with Crippen molar-refractivity contribution in [3.63, 3.8) is 0 Å². The van der Waals surface area contributed by atoms with Crippen LogP contribution < -0.4 is 0 Å². The van der Waals surface area contributed by atoms with Crippen LogP contribution in [-0.2, 0) is 4.79 Å². The first-order valence-corrected chi connectivity index (χ1v) is 8.94. The van der Waals surface area contributed by atoms with E-state index in [2.05, 4.69) is 25.2 Å². The predicted octanol–water partition coefficient (Wildman–Crippen LogP) is 5.94. The van der Waals surface area contributed by atoms with Crippen molar-refractivity contribution in [1.29, 1.82) is 0 Å². The van der Waals surface area contributed by atoms with Gasteiger partial charge in [-0.2, -0.15) is 0 Å². The van der Waals surface area contributed by atoms with Crippen molar-refractivity contribution >= 4 is 6.29 Å². The van der Waals surface area contributed by atoms with Crippen molar-refractivity contribution in [3.05, 3.63) is 58.3 Å². The number of unbranched alkanes of at least 4 members (excludes halogenated alkanes) is 5. The summed E-state index contributed by atoms with van der Waals surface area (Å²) in [5, 5.41) is 11.0. The highest BCUT2D eigenvalue weighted by atomic mass is 16.6. The normalized spacial score (nSPS) is 12.6. The Hall–Kier alpha value is -1.97. The third kappa shape index (κ3) is 14.9. The molecule has 0 spiro atoms. The lowest BCUT2D eigenvalue weighted by Gasteiger charge is -1.96. The number of carbonyl (C=O) groups is 1. The highest BCUT2D eigenvalue weighted by Crippen LogP contribution is 2.08. The summed E-state index contributed by atoms with van der Waals surface area (Å²) in [4.78, 5) is 20.9. The van der Waals surface area contributed by atoms with Crippen LogP contribution in [0.5, 0.6) is 0 Å². The zero-order valence-corrected chi connectivity index (χ0v) is 14.9. The minimum atomic E-state index is -0.299. The zero-order chi connectivity index (χ0) is 17.9. The molecule has 0 atom stereocenters. The van der Waals surface area contributed by atoms with Crippen LogP contribution in [0.25, 0.3) is 0 Å². The first-order valence-electron chi connectivity index (χ1n) is 8.94. The van der Waals surface area contributed by atoms with E-state index in [9.17, 15) is 14.9 Å². The molecule has 0 aliphatic heterocycles. The molecule has 0 radical (unpaired) electrons. The number of hydrogen-bond donors (Lipinski definition) is 0.